The van der Waals surface area contributed by atoms with Gasteiger partial charge in [0.25, 0.3) is 0 Å². The van der Waals surface area contributed by atoms with E-state index in [1.54, 1.807) is 6.07 Å². The summed E-state index contributed by atoms with van der Waals surface area (Å²) in [5.74, 6) is 0.667. The number of anilines is 1. The van der Waals surface area contributed by atoms with Crippen LogP contribution in [0.3, 0.4) is 0 Å². The maximum absolute atomic E-state index is 13.1. The minimum atomic E-state index is -0.408. The molecule has 0 heterocycles. The number of nitrogen functional groups attached to an aromatic ring is 1. The molecule has 0 saturated carbocycles. The van der Waals surface area contributed by atoms with Gasteiger partial charge in [0.2, 0.25) is 0 Å². The molecule has 0 aromatic heterocycles. The van der Waals surface area contributed by atoms with Crippen LogP contribution in [-0.2, 0) is 0 Å². The summed E-state index contributed by atoms with van der Waals surface area (Å²) in [5, 5.41) is 0. The van der Waals surface area contributed by atoms with Crippen LogP contribution in [0.2, 0.25) is 0 Å². The Hall–Kier alpha value is -1.55. The second-order valence-electron chi connectivity index (χ2n) is 3.73. The zero-order valence-electron chi connectivity index (χ0n) is 9.21. The molecule has 2 rings (SSSR count). The quantitative estimate of drug-likeness (QED) is 0.840. The van der Waals surface area contributed by atoms with E-state index < -0.39 is 5.82 Å². The van der Waals surface area contributed by atoms with E-state index in [4.69, 9.17) is 10.5 Å². The van der Waals surface area contributed by atoms with Crippen LogP contribution in [0.4, 0.5) is 10.1 Å². The number of hydrogen-bond donors (Lipinski definition) is 1. The fraction of sp³-hybridized carbons (Fsp3) is 0.0769. The number of ether oxygens (including phenoxy) is 1. The van der Waals surface area contributed by atoms with Crippen molar-refractivity contribution in [3.63, 3.8) is 0 Å². The zero-order valence-corrected chi connectivity index (χ0v) is 10.8. The molecule has 0 radical (unpaired) electrons. The van der Waals surface area contributed by atoms with Crippen LogP contribution in [0, 0.1) is 12.7 Å². The first-order valence-corrected chi connectivity index (χ1v) is 5.84. The van der Waals surface area contributed by atoms with Crippen molar-refractivity contribution in [2.24, 2.45) is 0 Å². The van der Waals surface area contributed by atoms with Gasteiger partial charge in [-0.2, -0.15) is 0 Å². The van der Waals surface area contributed by atoms with Crippen molar-refractivity contribution in [1.82, 2.24) is 0 Å². The lowest BCUT2D eigenvalue weighted by atomic mass is 10.2. The summed E-state index contributed by atoms with van der Waals surface area (Å²) in [7, 11) is 0. The van der Waals surface area contributed by atoms with Gasteiger partial charge in [-0.25, -0.2) is 4.39 Å². The Balaban J connectivity index is 2.31. The summed E-state index contributed by atoms with van der Waals surface area (Å²) in [6.45, 7) is 1.92. The van der Waals surface area contributed by atoms with Crippen LogP contribution in [0.15, 0.2) is 40.9 Å². The van der Waals surface area contributed by atoms with Gasteiger partial charge in [0, 0.05) is 22.3 Å². The standard InChI is InChI=1S/C13H11BrFNO/c1-8-4-9(14)2-3-13(8)17-12-6-10(15)5-11(16)7-12/h2-7H,16H2,1H3. The zero-order chi connectivity index (χ0) is 12.4. The molecule has 88 valence electrons. The molecule has 0 aliphatic heterocycles. The molecular weight excluding hydrogens is 285 g/mol. The lowest BCUT2D eigenvalue weighted by molar-refractivity contribution is 0.473. The van der Waals surface area contributed by atoms with Crippen molar-refractivity contribution in [2.75, 3.05) is 5.73 Å². The molecule has 0 spiro atoms. The maximum Gasteiger partial charge on any atom is 0.132 e. The van der Waals surface area contributed by atoms with E-state index in [9.17, 15) is 4.39 Å². The summed E-state index contributed by atoms with van der Waals surface area (Å²) in [6, 6.07) is 9.76. The van der Waals surface area contributed by atoms with Gasteiger partial charge in [0.1, 0.15) is 17.3 Å². The fourth-order valence-corrected chi connectivity index (χ4v) is 1.97. The molecular formula is C13H11BrFNO. The minimum absolute atomic E-state index is 0.342. The molecule has 2 aromatic carbocycles. The average Bonchev–Trinajstić information content (AvgIpc) is 2.21. The molecule has 0 atom stereocenters. The van der Waals surface area contributed by atoms with E-state index in [0.717, 1.165) is 10.0 Å². The van der Waals surface area contributed by atoms with Crippen LogP contribution in [-0.4, -0.2) is 0 Å². The van der Waals surface area contributed by atoms with Gasteiger partial charge in [-0.1, -0.05) is 15.9 Å². The highest BCUT2D eigenvalue weighted by Gasteiger charge is 2.04. The number of hydrogen-bond acceptors (Lipinski definition) is 2. The molecule has 0 aliphatic rings. The van der Waals surface area contributed by atoms with Crippen LogP contribution >= 0.6 is 15.9 Å². The predicted molar refractivity (Wildman–Crippen MR) is 69.8 cm³/mol. The maximum atomic E-state index is 13.1. The molecule has 2 aromatic rings. The Morgan fingerprint density at radius 3 is 2.59 bits per heavy atom. The second kappa shape index (κ2) is 4.75. The first-order chi connectivity index (χ1) is 8.04. The lowest BCUT2D eigenvalue weighted by Gasteiger charge is -2.09. The molecule has 2 nitrogen and oxygen atoms in total. The Kier molecular flexibility index (Phi) is 3.33. The summed E-state index contributed by atoms with van der Waals surface area (Å²) < 4.78 is 19.7. The largest absolute Gasteiger partial charge is 0.457 e. The van der Waals surface area contributed by atoms with E-state index in [1.165, 1.54) is 12.1 Å². The molecule has 0 bridgehead atoms. The SMILES string of the molecule is Cc1cc(Br)ccc1Oc1cc(N)cc(F)c1. The van der Waals surface area contributed by atoms with Crippen molar-refractivity contribution in [1.29, 1.82) is 0 Å². The highest BCUT2D eigenvalue weighted by atomic mass is 79.9. The van der Waals surface area contributed by atoms with Crippen molar-refractivity contribution in [3.8, 4) is 11.5 Å². The Morgan fingerprint density at radius 1 is 1.18 bits per heavy atom. The number of nitrogens with two attached hydrogens (primary N) is 1. The second-order valence-corrected chi connectivity index (χ2v) is 4.65. The monoisotopic (exact) mass is 295 g/mol. The molecule has 4 heteroatoms. The number of aryl methyl sites for hydroxylation is 1. The summed E-state index contributed by atoms with van der Waals surface area (Å²) in [6.07, 6.45) is 0. The van der Waals surface area contributed by atoms with Crippen molar-refractivity contribution in [2.45, 2.75) is 6.92 Å². The number of benzene rings is 2. The van der Waals surface area contributed by atoms with Gasteiger partial charge in [-0.15, -0.1) is 0 Å². The lowest BCUT2D eigenvalue weighted by Crippen LogP contribution is -1.91. The Labute approximate surface area is 107 Å². The van der Waals surface area contributed by atoms with Crippen molar-refractivity contribution >= 4 is 21.6 Å². The summed E-state index contributed by atoms with van der Waals surface area (Å²) >= 11 is 3.37. The van der Waals surface area contributed by atoms with E-state index in [2.05, 4.69) is 15.9 Å². The van der Waals surface area contributed by atoms with Crippen molar-refractivity contribution < 1.29 is 9.13 Å². The third-order valence-electron chi connectivity index (χ3n) is 2.26. The molecule has 17 heavy (non-hydrogen) atoms. The van der Waals surface area contributed by atoms with E-state index in [1.807, 2.05) is 25.1 Å². The minimum Gasteiger partial charge on any atom is -0.457 e. The summed E-state index contributed by atoms with van der Waals surface area (Å²) in [5.41, 5.74) is 6.85. The topological polar surface area (TPSA) is 35.2 Å². The van der Waals surface area contributed by atoms with E-state index >= 15 is 0 Å². The molecule has 2 N–H and O–H groups in total. The molecule has 0 unspecified atom stereocenters. The number of halogens is 2. The van der Waals surface area contributed by atoms with Crippen LogP contribution in [0.25, 0.3) is 0 Å². The molecule has 0 aliphatic carbocycles. The van der Waals surface area contributed by atoms with Gasteiger partial charge < -0.3 is 10.5 Å². The first kappa shape index (κ1) is 11.9. The highest BCUT2D eigenvalue weighted by Crippen LogP contribution is 2.28. The van der Waals surface area contributed by atoms with Gasteiger partial charge in [0.05, 0.1) is 0 Å². The van der Waals surface area contributed by atoms with Crippen molar-refractivity contribution in [3.05, 3.63) is 52.3 Å². The van der Waals surface area contributed by atoms with E-state index in [0.29, 0.717) is 17.2 Å². The fourth-order valence-electron chi connectivity index (χ4n) is 1.50. The normalized spacial score (nSPS) is 10.3. The third kappa shape index (κ3) is 2.97. The van der Waals surface area contributed by atoms with Gasteiger partial charge in [-0.05, 0) is 36.8 Å². The van der Waals surface area contributed by atoms with Gasteiger partial charge in [-0.3, -0.25) is 0 Å². The molecule has 0 amide bonds. The smallest absolute Gasteiger partial charge is 0.132 e. The van der Waals surface area contributed by atoms with Crippen LogP contribution < -0.4 is 10.5 Å². The Morgan fingerprint density at radius 2 is 1.94 bits per heavy atom. The predicted octanol–water partition coefficient (Wildman–Crippen LogP) is 4.27. The average molecular weight is 296 g/mol. The summed E-state index contributed by atoms with van der Waals surface area (Å²) in [4.78, 5) is 0. The molecule has 0 fully saturated rings. The van der Waals surface area contributed by atoms with E-state index in [-0.39, 0.29) is 0 Å². The number of rotatable bonds is 2. The van der Waals surface area contributed by atoms with Gasteiger partial charge in [0.15, 0.2) is 0 Å². The first-order valence-electron chi connectivity index (χ1n) is 5.04. The molecule has 0 saturated heterocycles. The van der Waals surface area contributed by atoms with Crippen LogP contribution in [0.5, 0.6) is 11.5 Å². The Bertz CT molecular complexity index is 537. The highest BCUT2D eigenvalue weighted by molar-refractivity contribution is 9.10. The van der Waals surface area contributed by atoms with Crippen LogP contribution in [0.1, 0.15) is 5.56 Å². The van der Waals surface area contributed by atoms with Gasteiger partial charge >= 0.3 is 0 Å². The third-order valence-corrected chi connectivity index (χ3v) is 2.75.